The van der Waals surface area contributed by atoms with Gasteiger partial charge in [0.05, 0.1) is 4.90 Å². The van der Waals surface area contributed by atoms with Crippen molar-refractivity contribution in [2.75, 3.05) is 6.54 Å². The van der Waals surface area contributed by atoms with Crippen molar-refractivity contribution in [3.63, 3.8) is 0 Å². The summed E-state index contributed by atoms with van der Waals surface area (Å²) in [5, 5.41) is 3.05. The zero-order valence-electron chi connectivity index (χ0n) is 20.1. The van der Waals surface area contributed by atoms with E-state index in [1.165, 1.54) is 24.8 Å². The molecule has 2 aliphatic heterocycles. The molecule has 2 aliphatic rings. The normalized spacial score (nSPS) is 21.8. The number of nitrogens with one attached hydrogen (secondary N) is 2. The molecule has 2 atom stereocenters. The summed E-state index contributed by atoms with van der Waals surface area (Å²) in [7, 11) is -3.65. The molecule has 7 nitrogen and oxygen atoms in total. The molecule has 1 fully saturated rings. The number of carbonyl (C=O) groups is 1. The Morgan fingerprint density at radius 2 is 1.82 bits per heavy atom. The first kappa shape index (κ1) is 24.4. The van der Waals surface area contributed by atoms with Gasteiger partial charge in [0.2, 0.25) is 5.91 Å². The molecule has 1 amide bonds. The Kier molecular flexibility index (Phi) is 7.38. The van der Waals surface area contributed by atoms with Gasteiger partial charge in [-0.25, -0.2) is 8.42 Å². The van der Waals surface area contributed by atoms with Gasteiger partial charge >= 0.3 is 0 Å². The van der Waals surface area contributed by atoms with Crippen molar-refractivity contribution in [1.82, 2.24) is 14.9 Å². The number of amides is 1. The lowest BCUT2D eigenvalue weighted by atomic mass is 10.0. The molecule has 8 heteroatoms. The number of carbonyl (C=O) groups excluding carboxylic acids is 1. The van der Waals surface area contributed by atoms with Gasteiger partial charge in [-0.1, -0.05) is 56.7 Å². The van der Waals surface area contributed by atoms with Gasteiger partial charge in [0.15, 0.2) is 0 Å². The number of benzene rings is 2. The molecule has 34 heavy (non-hydrogen) atoms. The fourth-order valence-electron chi connectivity index (χ4n) is 4.66. The summed E-state index contributed by atoms with van der Waals surface area (Å²) in [4.78, 5) is 20.4. The first-order chi connectivity index (χ1) is 16.3. The van der Waals surface area contributed by atoms with Gasteiger partial charge in [0, 0.05) is 24.7 Å². The zero-order valence-corrected chi connectivity index (χ0v) is 20.9. The van der Waals surface area contributed by atoms with Crippen molar-refractivity contribution in [2.24, 2.45) is 10.9 Å². The minimum Gasteiger partial charge on any atom is -0.350 e. The molecule has 0 radical (unpaired) electrons. The summed E-state index contributed by atoms with van der Waals surface area (Å²) in [5.74, 6) is -0.0923. The highest BCUT2D eigenvalue weighted by Crippen LogP contribution is 2.24. The largest absolute Gasteiger partial charge is 0.350 e. The Bertz CT molecular complexity index is 1180. The molecular formula is C26H34N4O3S. The lowest BCUT2D eigenvalue weighted by Gasteiger charge is -2.33. The van der Waals surface area contributed by atoms with Crippen LogP contribution in [0.25, 0.3) is 0 Å². The Morgan fingerprint density at radius 3 is 2.56 bits per heavy atom. The van der Waals surface area contributed by atoms with E-state index in [-0.39, 0.29) is 22.6 Å². The fraction of sp³-hybridized carbons (Fsp3) is 0.462. The van der Waals surface area contributed by atoms with Crippen LogP contribution in [0.15, 0.2) is 58.4 Å². The molecule has 0 saturated carbocycles. The van der Waals surface area contributed by atoms with E-state index in [1.54, 1.807) is 24.3 Å². The lowest BCUT2D eigenvalue weighted by Crippen LogP contribution is -2.39. The quantitative estimate of drug-likeness (QED) is 0.633. The average Bonchev–Trinajstić information content (AvgIpc) is 3.08. The summed E-state index contributed by atoms with van der Waals surface area (Å²) in [6.07, 6.45) is 3.74. The summed E-state index contributed by atoms with van der Waals surface area (Å²) in [5.41, 5.74) is 2.82. The third-order valence-corrected chi connectivity index (χ3v) is 8.11. The van der Waals surface area contributed by atoms with Crippen LogP contribution in [0.2, 0.25) is 0 Å². The molecule has 2 heterocycles. The van der Waals surface area contributed by atoms with Crippen LogP contribution in [0, 0.1) is 5.92 Å². The van der Waals surface area contributed by atoms with Crippen LogP contribution in [0.5, 0.6) is 0 Å². The maximum atomic E-state index is 13.2. The second-order valence-corrected chi connectivity index (χ2v) is 11.2. The van der Waals surface area contributed by atoms with Crippen LogP contribution < -0.4 is 10.0 Å². The Balaban J connectivity index is 1.49. The molecule has 1 saturated heterocycles. The Labute approximate surface area is 202 Å². The van der Waals surface area contributed by atoms with Crippen molar-refractivity contribution < 1.29 is 13.2 Å². The van der Waals surface area contributed by atoms with E-state index in [2.05, 4.69) is 39.0 Å². The topological polar surface area (TPSA) is 90.9 Å². The maximum Gasteiger partial charge on any atom is 0.263 e. The molecule has 0 bridgehead atoms. The first-order valence-electron chi connectivity index (χ1n) is 12.0. The van der Waals surface area contributed by atoms with Crippen LogP contribution in [-0.4, -0.2) is 43.7 Å². The van der Waals surface area contributed by atoms with Gasteiger partial charge in [-0.2, -0.15) is 0 Å². The molecule has 182 valence electrons. The number of aliphatic imine (C=N–C) groups is 1. The number of hydrogen-bond acceptors (Lipinski definition) is 5. The van der Waals surface area contributed by atoms with Gasteiger partial charge in [0.25, 0.3) is 10.0 Å². The van der Waals surface area contributed by atoms with Crippen LogP contribution >= 0.6 is 0 Å². The Hall–Kier alpha value is -2.71. The minimum absolute atomic E-state index is 0.103. The molecule has 4 rings (SSSR count). The van der Waals surface area contributed by atoms with E-state index in [0.29, 0.717) is 18.2 Å². The van der Waals surface area contributed by atoms with Crippen LogP contribution in [-0.2, 0) is 27.9 Å². The number of rotatable bonds is 7. The van der Waals surface area contributed by atoms with Crippen molar-refractivity contribution >= 4 is 21.8 Å². The number of piperidine rings is 1. The summed E-state index contributed by atoms with van der Waals surface area (Å²) >= 11 is 0. The van der Waals surface area contributed by atoms with Gasteiger partial charge in [-0.15, -0.1) is 0 Å². The SMILES string of the molecule is CC(C)[C@H](N=C1NS(=O)(=O)c2ccccc21)C(=O)NCc1ccccc1CN1CCCCC1C. The van der Waals surface area contributed by atoms with Crippen molar-refractivity contribution in [3.8, 4) is 0 Å². The number of amidine groups is 1. The number of sulfonamides is 1. The van der Waals surface area contributed by atoms with E-state index in [4.69, 9.17) is 0 Å². The molecule has 2 aromatic carbocycles. The summed E-state index contributed by atoms with van der Waals surface area (Å²) < 4.78 is 27.4. The zero-order chi connectivity index (χ0) is 24.3. The number of nitrogens with zero attached hydrogens (tertiary/aromatic N) is 2. The second kappa shape index (κ2) is 10.3. The number of likely N-dealkylation sites (tertiary alicyclic amines) is 1. The van der Waals surface area contributed by atoms with Gasteiger partial charge < -0.3 is 5.32 Å². The van der Waals surface area contributed by atoms with E-state index in [9.17, 15) is 13.2 Å². The molecule has 0 aliphatic carbocycles. The molecular weight excluding hydrogens is 448 g/mol. The van der Waals surface area contributed by atoms with E-state index in [0.717, 1.165) is 18.7 Å². The third kappa shape index (κ3) is 5.33. The molecule has 1 unspecified atom stereocenters. The fourth-order valence-corrected chi connectivity index (χ4v) is 5.90. The highest BCUT2D eigenvalue weighted by molar-refractivity contribution is 7.90. The minimum atomic E-state index is -3.65. The van der Waals surface area contributed by atoms with Gasteiger partial charge in [-0.05, 0) is 55.5 Å². The average molecular weight is 483 g/mol. The van der Waals surface area contributed by atoms with Crippen LogP contribution in [0.1, 0.15) is 56.7 Å². The monoisotopic (exact) mass is 482 g/mol. The van der Waals surface area contributed by atoms with Gasteiger partial charge in [0.1, 0.15) is 11.9 Å². The van der Waals surface area contributed by atoms with Gasteiger partial charge in [-0.3, -0.25) is 19.4 Å². The molecule has 0 spiro atoms. The van der Waals surface area contributed by atoms with Crippen LogP contribution in [0.3, 0.4) is 0 Å². The van der Waals surface area contributed by atoms with E-state index >= 15 is 0 Å². The smallest absolute Gasteiger partial charge is 0.263 e. The number of hydrogen-bond donors (Lipinski definition) is 2. The molecule has 2 aromatic rings. The van der Waals surface area contributed by atoms with E-state index in [1.807, 2.05) is 26.0 Å². The standard InChI is InChI=1S/C26H34N4O3S/c1-18(2)24(28-25-22-13-6-7-14-23(22)34(32,33)29-25)26(31)27-16-20-11-4-5-12-21(20)17-30-15-9-8-10-19(30)3/h4-7,11-14,18-19,24H,8-10,15-17H2,1-3H3,(H,27,31)(H,28,29)/t19?,24-/m0/s1. The van der Waals surface area contributed by atoms with Crippen molar-refractivity contribution in [1.29, 1.82) is 0 Å². The highest BCUT2D eigenvalue weighted by Gasteiger charge is 2.32. The maximum absolute atomic E-state index is 13.2. The van der Waals surface area contributed by atoms with Crippen molar-refractivity contribution in [3.05, 3.63) is 65.2 Å². The van der Waals surface area contributed by atoms with Crippen molar-refractivity contribution in [2.45, 2.75) is 70.1 Å². The highest BCUT2D eigenvalue weighted by atomic mass is 32.2. The Morgan fingerprint density at radius 1 is 1.12 bits per heavy atom. The second-order valence-electron chi connectivity index (χ2n) is 9.57. The lowest BCUT2D eigenvalue weighted by molar-refractivity contribution is -0.123. The first-order valence-corrected chi connectivity index (χ1v) is 13.5. The van der Waals surface area contributed by atoms with Crippen LogP contribution in [0.4, 0.5) is 0 Å². The predicted octanol–water partition coefficient (Wildman–Crippen LogP) is 3.44. The van der Waals surface area contributed by atoms with E-state index < -0.39 is 16.1 Å². The molecule has 0 aromatic heterocycles. The predicted molar refractivity (Wildman–Crippen MR) is 134 cm³/mol. The molecule has 2 N–H and O–H groups in total. The summed E-state index contributed by atoms with van der Waals surface area (Å²) in [6, 6.07) is 14.8. The summed E-state index contributed by atoms with van der Waals surface area (Å²) in [6.45, 7) is 8.50. The number of fused-ring (bicyclic) bond motifs is 1. The third-order valence-electron chi connectivity index (χ3n) is 6.72.